The Hall–Kier alpha value is -0.890. The van der Waals surface area contributed by atoms with Crippen LogP contribution in [0.15, 0.2) is 24.5 Å². The molecule has 1 aromatic heterocycles. The van der Waals surface area contributed by atoms with Crippen LogP contribution in [0.4, 0.5) is 0 Å². The van der Waals surface area contributed by atoms with E-state index in [1.807, 2.05) is 18.5 Å². The first kappa shape index (κ1) is 7.74. The highest BCUT2D eigenvalue weighted by atomic mass is 14.9. The molecule has 2 heterocycles. The molecule has 2 nitrogen and oxygen atoms in total. The molecule has 0 aromatic carbocycles. The fourth-order valence-corrected chi connectivity index (χ4v) is 1.68. The van der Waals surface area contributed by atoms with E-state index in [1.54, 1.807) is 0 Å². The number of nitrogens with zero attached hydrogens (tertiary/aromatic N) is 2. The minimum atomic E-state index is 0.632. The molecule has 0 unspecified atom stereocenters. The first-order chi connectivity index (χ1) is 5.97. The van der Waals surface area contributed by atoms with Gasteiger partial charge in [-0.1, -0.05) is 6.07 Å². The Bertz CT molecular complexity index is 227. The minimum Gasteiger partial charge on any atom is -0.264 e. The van der Waals surface area contributed by atoms with E-state index >= 15 is 0 Å². The number of rotatable bonds is 1. The third kappa shape index (κ3) is 1.64. The van der Waals surface area contributed by atoms with E-state index in [-0.39, 0.29) is 0 Å². The van der Waals surface area contributed by atoms with Gasteiger partial charge in [-0.05, 0) is 30.4 Å². The van der Waals surface area contributed by atoms with E-state index in [2.05, 4.69) is 16.4 Å². The van der Waals surface area contributed by atoms with Gasteiger partial charge in [0.2, 0.25) is 0 Å². The van der Waals surface area contributed by atoms with E-state index in [4.69, 9.17) is 0 Å². The fourth-order valence-electron chi connectivity index (χ4n) is 1.68. The molecule has 1 aromatic rings. The summed E-state index contributed by atoms with van der Waals surface area (Å²) in [6.45, 7) is 2.04. The smallest absolute Gasteiger partial charge is 0.0303 e. The van der Waals surface area contributed by atoms with Gasteiger partial charge in [0.25, 0.3) is 0 Å². The molecular weight excluding hydrogens is 148 g/mol. The molecule has 12 heavy (non-hydrogen) atoms. The van der Waals surface area contributed by atoms with Crippen LogP contribution in [0.2, 0.25) is 0 Å². The summed E-state index contributed by atoms with van der Waals surface area (Å²) in [5.41, 5.74) is 1.35. The Morgan fingerprint density at radius 3 is 3.08 bits per heavy atom. The van der Waals surface area contributed by atoms with Gasteiger partial charge in [-0.25, -0.2) is 5.32 Å². The lowest BCUT2D eigenvalue weighted by atomic mass is 9.93. The molecule has 63 valence electrons. The highest BCUT2D eigenvalue weighted by Crippen LogP contribution is 2.22. The van der Waals surface area contributed by atoms with Gasteiger partial charge in [0.05, 0.1) is 0 Å². The first-order valence-electron chi connectivity index (χ1n) is 4.50. The highest BCUT2D eigenvalue weighted by Gasteiger charge is 2.15. The van der Waals surface area contributed by atoms with Gasteiger partial charge in [-0.2, -0.15) is 0 Å². The summed E-state index contributed by atoms with van der Waals surface area (Å²) in [7, 11) is 0. The van der Waals surface area contributed by atoms with Crippen LogP contribution in [0, 0.1) is 0 Å². The molecule has 0 aliphatic carbocycles. The molecule has 1 saturated heterocycles. The van der Waals surface area contributed by atoms with Gasteiger partial charge in [-0.3, -0.25) is 4.98 Å². The van der Waals surface area contributed by atoms with Crippen LogP contribution < -0.4 is 5.32 Å². The van der Waals surface area contributed by atoms with Crippen molar-refractivity contribution in [1.29, 1.82) is 0 Å². The molecule has 0 amide bonds. The molecule has 0 N–H and O–H groups in total. The van der Waals surface area contributed by atoms with Crippen molar-refractivity contribution in [2.24, 2.45) is 0 Å². The van der Waals surface area contributed by atoms with Crippen LogP contribution in [-0.2, 0) is 0 Å². The van der Waals surface area contributed by atoms with Gasteiger partial charge < -0.3 is 0 Å². The van der Waals surface area contributed by atoms with Gasteiger partial charge in [0, 0.05) is 25.5 Å². The molecule has 1 aliphatic heterocycles. The molecule has 1 aliphatic rings. The molecule has 1 atom stereocenters. The second-order valence-corrected chi connectivity index (χ2v) is 3.26. The zero-order valence-electron chi connectivity index (χ0n) is 7.11. The second kappa shape index (κ2) is 3.68. The zero-order valence-corrected chi connectivity index (χ0v) is 7.11. The molecule has 2 heteroatoms. The topological polar surface area (TPSA) is 27.0 Å². The van der Waals surface area contributed by atoms with Crippen LogP contribution in [0.1, 0.15) is 24.3 Å². The van der Waals surface area contributed by atoms with Gasteiger partial charge >= 0.3 is 0 Å². The summed E-state index contributed by atoms with van der Waals surface area (Å²) in [5.74, 6) is 0.632. The Labute approximate surface area is 73.0 Å². The molecule has 2 rings (SSSR count). The fraction of sp³-hybridized carbons (Fsp3) is 0.500. The lowest BCUT2D eigenvalue weighted by Crippen LogP contribution is -2.22. The summed E-state index contributed by atoms with van der Waals surface area (Å²) in [6.07, 6.45) is 6.30. The molecule has 1 fully saturated rings. The van der Waals surface area contributed by atoms with Crippen LogP contribution in [0.3, 0.4) is 0 Å². The Morgan fingerprint density at radius 2 is 2.42 bits per heavy atom. The number of piperidine rings is 1. The van der Waals surface area contributed by atoms with E-state index in [0.29, 0.717) is 5.92 Å². The van der Waals surface area contributed by atoms with Crippen molar-refractivity contribution in [3.63, 3.8) is 0 Å². The van der Waals surface area contributed by atoms with E-state index in [0.717, 1.165) is 13.1 Å². The number of pyridine rings is 1. The Morgan fingerprint density at radius 1 is 1.42 bits per heavy atom. The molecule has 0 bridgehead atoms. The van der Waals surface area contributed by atoms with Crippen LogP contribution in [-0.4, -0.2) is 18.1 Å². The lowest BCUT2D eigenvalue weighted by molar-refractivity contribution is 0.453. The third-order valence-corrected chi connectivity index (χ3v) is 2.37. The van der Waals surface area contributed by atoms with Crippen molar-refractivity contribution < 1.29 is 0 Å². The average Bonchev–Trinajstić information content (AvgIpc) is 2.21. The molecule has 0 saturated carbocycles. The van der Waals surface area contributed by atoms with E-state index in [9.17, 15) is 0 Å². The highest BCUT2D eigenvalue weighted by molar-refractivity contribution is 5.15. The summed E-state index contributed by atoms with van der Waals surface area (Å²) < 4.78 is 0. The van der Waals surface area contributed by atoms with Crippen LogP contribution in [0.5, 0.6) is 0 Å². The Kier molecular flexibility index (Phi) is 2.37. The van der Waals surface area contributed by atoms with E-state index < -0.39 is 0 Å². The number of hydrogen-bond donors (Lipinski definition) is 0. The normalized spacial score (nSPS) is 23.8. The second-order valence-electron chi connectivity index (χ2n) is 3.26. The standard InChI is InChI=1S/C10H13N2/c1-3-9(7-11-5-1)10-4-2-6-12-8-10/h1,3,5,7,10H,2,4,6,8H2/t10-/m0/s1. The summed E-state index contributed by atoms with van der Waals surface area (Å²) in [4.78, 5) is 4.12. The van der Waals surface area contributed by atoms with Crippen LogP contribution >= 0.6 is 0 Å². The van der Waals surface area contributed by atoms with Crippen molar-refractivity contribution in [1.82, 2.24) is 10.3 Å². The third-order valence-electron chi connectivity index (χ3n) is 2.37. The first-order valence-corrected chi connectivity index (χ1v) is 4.50. The molecular formula is C10H13N2. The maximum Gasteiger partial charge on any atom is 0.0303 e. The minimum absolute atomic E-state index is 0.632. The van der Waals surface area contributed by atoms with Crippen molar-refractivity contribution in [3.05, 3.63) is 30.1 Å². The quantitative estimate of drug-likeness (QED) is 0.614. The summed E-state index contributed by atoms with van der Waals surface area (Å²) in [5, 5.41) is 4.41. The lowest BCUT2D eigenvalue weighted by Gasteiger charge is -2.21. The van der Waals surface area contributed by atoms with Crippen LogP contribution in [0.25, 0.3) is 0 Å². The predicted octanol–water partition coefficient (Wildman–Crippen LogP) is 1.56. The Balaban J connectivity index is 2.08. The number of aromatic nitrogens is 1. The zero-order chi connectivity index (χ0) is 8.23. The van der Waals surface area contributed by atoms with Crippen molar-refractivity contribution in [2.75, 3.05) is 13.1 Å². The van der Waals surface area contributed by atoms with Crippen molar-refractivity contribution in [3.8, 4) is 0 Å². The average molecular weight is 161 g/mol. The van der Waals surface area contributed by atoms with Crippen molar-refractivity contribution >= 4 is 0 Å². The molecule has 1 radical (unpaired) electrons. The van der Waals surface area contributed by atoms with Gasteiger partial charge in [0.15, 0.2) is 0 Å². The largest absolute Gasteiger partial charge is 0.264 e. The number of hydrogen-bond acceptors (Lipinski definition) is 1. The predicted molar refractivity (Wildman–Crippen MR) is 48.1 cm³/mol. The SMILES string of the molecule is c1cncc([C@H]2CCC[N]C2)c1. The summed E-state index contributed by atoms with van der Waals surface area (Å²) in [6, 6.07) is 4.16. The maximum atomic E-state index is 4.41. The van der Waals surface area contributed by atoms with Gasteiger partial charge in [-0.15, -0.1) is 0 Å². The monoisotopic (exact) mass is 161 g/mol. The maximum absolute atomic E-state index is 4.41. The summed E-state index contributed by atoms with van der Waals surface area (Å²) >= 11 is 0. The van der Waals surface area contributed by atoms with E-state index in [1.165, 1.54) is 18.4 Å². The molecule has 0 spiro atoms. The van der Waals surface area contributed by atoms with Crippen molar-refractivity contribution in [2.45, 2.75) is 18.8 Å². The van der Waals surface area contributed by atoms with Gasteiger partial charge in [0.1, 0.15) is 0 Å².